The van der Waals surface area contributed by atoms with E-state index < -0.39 is 0 Å². The number of hydrogen-bond acceptors (Lipinski definition) is 14. The molecule has 0 spiro atoms. The molecule has 0 unspecified atom stereocenters. The average Bonchev–Trinajstić information content (AvgIpc) is 0.735. The van der Waals surface area contributed by atoms with E-state index in [0.29, 0.717) is 77.6 Å². The van der Waals surface area contributed by atoms with Gasteiger partial charge >= 0.3 is 0 Å². The van der Waals surface area contributed by atoms with Crippen molar-refractivity contribution in [3.63, 3.8) is 0 Å². The molecule has 550 valence electrons. The van der Waals surface area contributed by atoms with Crippen molar-refractivity contribution in [2.45, 2.75) is 235 Å². The van der Waals surface area contributed by atoms with Gasteiger partial charge in [-0.2, -0.15) is 0 Å². The number of unbranched alkanes of at least 4 members (excludes halogenated alkanes) is 18. The molecular formula is C86H122O12S2. The molecule has 8 aromatic carbocycles. The Morgan fingerprint density at radius 1 is 0.180 bits per heavy atom. The molecule has 0 fully saturated rings. The summed E-state index contributed by atoms with van der Waals surface area (Å²) < 4.78 is 78.7. The second-order valence-corrected chi connectivity index (χ2v) is 29.4. The van der Waals surface area contributed by atoms with Crippen LogP contribution < -0.4 is 56.8 Å². The van der Waals surface area contributed by atoms with Gasteiger partial charge in [-0.15, -0.1) is 0 Å². The molecule has 8 rings (SSSR count). The zero-order valence-corrected chi connectivity index (χ0v) is 64.6. The molecule has 0 aliphatic heterocycles. The van der Waals surface area contributed by atoms with Gasteiger partial charge in [-0.1, -0.05) is 180 Å². The molecule has 14 heteroatoms. The van der Waals surface area contributed by atoms with E-state index >= 15 is 0 Å². The molecule has 0 N–H and O–H groups in total. The predicted molar refractivity (Wildman–Crippen MR) is 426 cm³/mol. The highest BCUT2D eigenvalue weighted by atomic mass is 33.1. The fourth-order valence-corrected chi connectivity index (χ4v) is 15.1. The topological polar surface area (TPSA) is 111 Å². The molecule has 0 aliphatic carbocycles. The number of rotatable bonds is 55. The minimum atomic E-state index is 0.572. The van der Waals surface area contributed by atoms with Gasteiger partial charge in [0.25, 0.3) is 0 Å². The summed E-state index contributed by atoms with van der Waals surface area (Å²) in [5.41, 5.74) is 0. The Morgan fingerprint density at radius 3 is 0.450 bits per heavy atom. The third kappa shape index (κ3) is 23.1. The number of methoxy groups -OCH3 is 2. The highest BCUT2D eigenvalue weighted by Crippen LogP contribution is 2.50. The van der Waals surface area contributed by atoms with E-state index in [0.717, 1.165) is 313 Å². The Hall–Kier alpha value is -6.38. The Morgan fingerprint density at radius 2 is 0.310 bits per heavy atom. The highest BCUT2D eigenvalue weighted by molar-refractivity contribution is 8.76. The minimum absolute atomic E-state index is 0.572. The van der Waals surface area contributed by atoms with E-state index in [1.54, 1.807) is 14.2 Å². The van der Waals surface area contributed by atoms with Crippen LogP contribution >= 0.6 is 21.6 Å². The van der Waals surface area contributed by atoms with E-state index in [4.69, 9.17) is 56.8 Å². The van der Waals surface area contributed by atoms with Crippen molar-refractivity contribution in [1.29, 1.82) is 0 Å². The Balaban J connectivity index is 0.962. The summed E-state index contributed by atoms with van der Waals surface area (Å²) in [6.45, 7) is 24.0. The number of hydrogen-bond donors (Lipinski definition) is 0. The fraction of sp³-hybridized carbons (Fsp3) is 0.581. The minimum Gasteiger partial charge on any atom is -0.493 e. The molecule has 0 saturated carbocycles. The van der Waals surface area contributed by atoms with Crippen LogP contribution in [-0.4, -0.2) is 91.8 Å². The number of ether oxygens (including phenoxy) is 12. The van der Waals surface area contributed by atoms with Gasteiger partial charge in [0, 0.05) is 11.5 Å². The second-order valence-electron chi connectivity index (χ2n) is 26.7. The van der Waals surface area contributed by atoms with E-state index in [2.05, 4.69) is 128 Å². The Kier molecular flexibility index (Phi) is 35.6. The maximum atomic E-state index is 6.70. The van der Waals surface area contributed by atoms with Crippen molar-refractivity contribution in [2.75, 3.05) is 91.8 Å². The van der Waals surface area contributed by atoms with Gasteiger partial charge in [0.05, 0.1) is 80.3 Å². The van der Waals surface area contributed by atoms with Gasteiger partial charge in [0.2, 0.25) is 0 Å². The molecule has 0 aromatic heterocycles. The van der Waals surface area contributed by atoms with Crippen molar-refractivity contribution in [3.8, 4) is 69.0 Å². The van der Waals surface area contributed by atoms with Crippen molar-refractivity contribution >= 4 is 86.2 Å². The van der Waals surface area contributed by atoms with Crippen LogP contribution in [0.2, 0.25) is 0 Å². The smallest absolute Gasteiger partial charge is 0.161 e. The highest BCUT2D eigenvalue weighted by Gasteiger charge is 2.24. The summed E-state index contributed by atoms with van der Waals surface area (Å²) >= 11 is 0. The summed E-state index contributed by atoms with van der Waals surface area (Å²) in [4.78, 5) is 0. The van der Waals surface area contributed by atoms with Gasteiger partial charge < -0.3 is 56.8 Å². The van der Waals surface area contributed by atoms with Gasteiger partial charge in [-0.05, 0) is 214 Å². The summed E-state index contributed by atoms with van der Waals surface area (Å²) in [6.07, 6.45) is 29.6. The zero-order chi connectivity index (χ0) is 70.5. The van der Waals surface area contributed by atoms with Crippen LogP contribution in [0.5, 0.6) is 69.0 Å². The summed E-state index contributed by atoms with van der Waals surface area (Å²) in [5, 5.41) is 12.8. The van der Waals surface area contributed by atoms with Crippen LogP contribution in [-0.2, 0) is 0 Å². The SMILES string of the molecule is CCCCCOc1cc2c3cc(OC)c(OCCCCSSCCCCOc4cc5c(cc4OC)c4cc(OCCCCC)c(OCCCCC)cc4c4cc(OCCCCC)c(OCCCCC)cc54)cc3c3cc(OCCCCC)c(OCCCCC)cc3c2cc1OCCCCC. The summed E-state index contributed by atoms with van der Waals surface area (Å²) in [7, 11) is 7.34. The fourth-order valence-electron chi connectivity index (χ4n) is 12.8. The Labute approximate surface area is 608 Å². The molecular weight excluding hydrogens is 1290 g/mol. The normalized spacial score (nSPS) is 11.6. The lowest BCUT2D eigenvalue weighted by Crippen LogP contribution is -2.04. The third-order valence-corrected chi connectivity index (χ3v) is 21.1. The maximum Gasteiger partial charge on any atom is 0.161 e. The summed E-state index contributed by atoms with van der Waals surface area (Å²) in [5.74, 6) is 11.1. The first-order chi connectivity index (χ1) is 49.3. The monoisotopic (exact) mass is 1410 g/mol. The van der Waals surface area contributed by atoms with Gasteiger partial charge in [-0.25, -0.2) is 0 Å². The zero-order valence-electron chi connectivity index (χ0n) is 62.9. The van der Waals surface area contributed by atoms with Gasteiger partial charge in [-0.3, -0.25) is 0 Å². The molecule has 8 aromatic rings. The van der Waals surface area contributed by atoms with Crippen LogP contribution in [0.4, 0.5) is 0 Å². The molecule has 0 saturated heterocycles. The molecule has 0 atom stereocenters. The van der Waals surface area contributed by atoms with E-state index in [-0.39, 0.29) is 0 Å². The first-order valence-corrected chi connectivity index (χ1v) is 41.5. The van der Waals surface area contributed by atoms with Gasteiger partial charge in [0.1, 0.15) is 0 Å². The number of benzene rings is 8. The van der Waals surface area contributed by atoms with Gasteiger partial charge in [0.15, 0.2) is 69.0 Å². The molecule has 0 bridgehead atoms. The molecule has 100 heavy (non-hydrogen) atoms. The van der Waals surface area contributed by atoms with Crippen molar-refractivity contribution in [1.82, 2.24) is 0 Å². The number of fused-ring (bicyclic) bond motifs is 12. The Bertz CT molecular complexity index is 3480. The first-order valence-electron chi connectivity index (χ1n) is 39.0. The molecule has 0 heterocycles. The van der Waals surface area contributed by atoms with E-state index in [1.165, 1.54) is 0 Å². The molecule has 12 nitrogen and oxygen atoms in total. The lowest BCUT2D eigenvalue weighted by atomic mass is 9.93. The van der Waals surface area contributed by atoms with Crippen LogP contribution in [0.3, 0.4) is 0 Å². The largest absolute Gasteiger partial charge is 0.493 e. The standard InChI is InChI=1S/C86H122O12S2/c1-11-19-27-39-91-79-55-67-63-51-75(87-9)77(53-65(63)69-57-81(93-41-29-21-13-3)85(97-45-33-25-17-7)61-73(69)71(67)59-83(79)95-43-31-23-15-5)89-47-35-37-49-99-100-50-38-36-48-90-78-54-66-64(52-76(78)88-10)68-56-80(92-40-28-20-12-2)84(96-44-32-24-16-6)60-72(68)74-62-86(98-46-34-26-18-8)82(58-70(66)74)94-42-30-22-14-4/h51-62H,11-50H2,1-10H3. The second kappa shape index (κ2) is 44.9. The quantitative estimate of drug-likeness (QED) is 0.0205. The van der Waals surface area contributed by atoms with Crippen LogP contribution in [0.15, 0.2) is 72.8 Å². The molecule has 0 amide bonds. The lowest BCUT2D eigenvalue weighted by molar-refractivity contribution is 0.260. The van der Waals surface area contributed by atoms with Crippen LogP contribution in [0.25, 0.3) is 64.6 Å². The molecule has 0 radical (unpaired) electrons. The summed E-state index contributed by atoms with van der Waals surface area (Å²) in [6, 6.07) is 26.2. The van der Waals surface area contributed by atoms with E-state index in [9.17, 15) is 0 Å². The lowest BCUT2D eigenvalue weighted by Gasteiger charge is -2.20. The average molecular weight is 1410 g/mol. The molecule has 0 aliphatic rings. The first kappa shape index (κ1) is 79.3. The van der Waals surface area contributed by atoms with Crippen molar-refractivity contribution < 1.29 is 56.8 Å². The predicted octanol–water partition coefficient (Wildman–Crippen LogP) is 25.6. The van der Waals surface area contributed by atoms with Crippen LogP contribution in [0, 0.1) is 0 Å². The third-order valence-electron chi connectivity index (χ3n) is 18.6. The maximum absolute atomic E-state index is 6.70. The van der Waals surface area contributed by atoms with Crippen molar-refractivity contribution in [2.24, 2.45) is 0 Å². The van der Waals surface area contributed by atoms with Crippen molar-refractivity contribution in [3.05, 3.63) is 72.8 Å². The van der Waals surface area contributed by atoms with Crippen LogP contribution in [0.1, 0.15) is 235 Å². The van der Waals surface area contributed by atoms with E-state index in [1.807, 2.05) is 21.6 Å².